The molecule has 5 nitrogen and oxygen atoms in total. The van der Waals surface area contributed by atoms with Crippen LogP contribution in [-0.2, 0) is 19.1 Å². The first-order valence-corrected chi connectivity index (χ1v) is 8.73. The van der Waals surface area contributed by atoms with E-state index < -0.39 is 29.4 Å². The molecule has 0 aliphatic heterocycles. The van der Waals surface area contributed by atoms with E-state index in [4.69, 9.17) is 9.47 Å². The van der Waals surface area contributed by atoms with Crippen LogP contribution in [0.25, 0.3) is 5.57 Å². The van der Waals surface area contributed by atoms with E-state index in [1.807, 2.05) is 30.3 Å². The normalized spacial score (nSPS) is 22.0. The summed E-state index contributed by atoms with van der Waals surface area (Å²) < 4.78 is 10.3. The van der Waals surface area contributed by atoms with Crippen molar-refractivity contribution in [3.63, 3.8) is 0 Å². The molecule has 0 unspecified atom stereocenters. The summed E-state index contributed by atoms with van der Waals surface area (Å²) in [7, 11) is 0. The largest absolute Gasteiger partial charge is 0.465 e. The molecule has 0 spiro atoms. The topological polar surface area (TPSA) is 72.8 Å². The van der Waals surface area contributed by atoms with Crippen molar-refractivity contribution in [3.05, 3.63) is 42.5 Å². The van der Waals surface area contributed by atoms with Gasteiger partial charge in [-0.3, -0.25) is 9.59 Å². The summed E-state index contributed by atoms with van der Waals surface area (Å²) in [5.74, 6) is -1.57. The fourth-order valence-corrected chi connectivity index (χ4v) is 3.42. The number of rotatable bonds is 6. The minimum atomic E-state index is -1.38. The van der Waals surface area contributed by atoms with Crippen LogP contribution in [0.15, 0.2) is 36.9 Å². The molecule has 0 amide bonds. The van der Waals surface area contributed by atoms with Gasteiger partial charge in [-0.15, -0.1) is 0 Å². The van der Waals surface area contributed by atoms with E-state index in [0.717, 1.165) is 5.56 Å². The average Bonchev–Trinajstić information content (AvgIpc) is 2.63. The first kappa shape index (κ1) is 19.2. The number of esters is 2. The van der Waals surface area contributed by atoms with Gasteiger partial charge in [0.15, 0.2) is 5.41 Å². The van der Waals surface area contributed by atoms with E-state index in [1.165, 1.54) is 0 Å². The quantitative estimate of drug-likeness (QED) is 0.633. The van der Waals surface area contributed by atoms with Crippen LogP contribution in [-0.4, -0.2) is 36.4 Å². The smallest absolute Gasteiger partial charge is 0.323 e. The molecular formula is C20H26O5. The second-order valence-electron chi connectivity index (χ2n) is 6.33. The molecule has 0 bridgehead atoms. The minimum Gasteiger partial charge on any atom is -0.465 e. The second-order valence-corrected chi connectivity index (χ2v) is 6.33. The number of aliphatic hydroxyl groups is 1. The van der Waals surface area contributed by atoms with Gasteiger partial charge in [-0.1, -0.05) is 36.9 Å². The molecule has 1 aromatic carbocycles. The van der Waals surface area contributed by atoms with Gasteiger partial charge >= 0.3 is 11.9 Å². The predicted octanol–water partition coefficient (Wildman–Crippen LogP) is 2.97. The van der Waals surface area contributed by atoms with Gasteiger partial charge in [0.25, 0.3) is 0 Å². The van der Waals surface area contributed by atoms with Crippen molar-refractivity contribution in [1.82, 2.24) is 0 Å². The maximum atomic E-state index is 12.6. The zero-order valence-electron chi connectivity index (χ0n) is 14.9. The van der Waals surface area contributed by atoms with E-state index in [9.17, 15) is 14.7 Å². The summed E-state index contributed by atoms with van der Waals surface area (Å²) in [6.07, 6.45) is 0.00246. The highest BCUT2D eigenvalue weighted by Gasteiger charge is 2.54. The number of hydrogen-bond acceptors (Lipinski definition) is 5. The van der Waals surface area contributed by atoms with Gasteiger partial charge in [0, 0.05) is 5.92 Å². The summed E-state index contributed by atoms with van der Waals surface area (Å²) in [6.45, 7) is 7.89. The van der Waals surface area contributed by atoms with Gasteiger partial charge in [-0.05, 0) is 44.2 Å². The lowest BCUT2D eigenvalue weighted by atomic mass is 9.65. The van der Waals surface area contributed by atoms with Gasteiger partial charge in [0.1, 0.15) is 0 Å². The number of carbonyl (C=O) groups excluding carboxylic acids is 2. The Hall–Kier alpha value is -2.14. The number of carbonyl (C=O) groups is 2. The van der Waals surface area contributed by atoms with Crippen molar-refractivity contribution in [3.8, 4) is 0 Å². The van der Waals surface area contributed by atoms with Crippen LogP contribution in [0.2, 0.25) is 0 Å². The van der Waals surface area contributed by atoms with Crippen LogP contribution in [0, 0.1) is 11.3 Å². The molecule has 0 radical (unpaired) electrons. The molecule has 136 valence electrons. The Morgan fingerprint density at radius 2 is 1.72 bits per heavy atom. The standard InChI is InChI=1S/C20H26O5/c1-4-24-18(22)20(19(23)25-5-2)12-11-17(21)16(13-20)14(3)15-9-7-6-8-10-15/h6-10,16-17,21H,3-5,11-13H2,1-2H3/t16-,17+/m0/s1. The van der Waals surface area contributed by atoms with E-state index in [-0.39, 0.29) is 26.1 Å². The maximum absolute atomic E-state index is 12.6. The van der Waals surface area contributed by atoms with Gasteiger partial charge in [0.05, 0.1) is 19.3 Å². The summed E-state index contributed by atoms with van der Waals surface area (Å²) in [5.41, 5.74) is 0.217. The summed E-state index contributed by atoms with van der Waals surface area (Å²) in [5, 5.41) is 10.5. The average molecular weight is 346 g/mol. The number of benzene rings is 1. The lowest BCUT2D eigenvalue weighted by Crippen LogP contribution is -2.49. The second kappa shape index (κ2) is 8.30. The van der Waals surface area contributed by atoms with E-state index in [0.29, 0.717) is 12.0 Å². The van der Waals surface area contributed by atoms with Crippen molar-refractivity contribution in [2.24, 2.45) is 11.3 Å². The lowest BCUT2D eigenvalue weighted by Gasteiger charge is -2.40. The molecule has 0 saturated heterocycles. The highest BCUT2D eigenvalue weighted by Crippen LogP contribution is 2.46. The Morgan fingerprint density at radius 1 is 1.16 bits per heavy atom. The number of hydrogen-bond donors (Lipinski definition) is 1. The molecule has 1 aliphatic carbocycles. The molecule has 5 heteroatoms. The molecule has 25 heavy (non-hydrogen) atoms. The van der Waals surface area contributed by atoms with Crippen molar-refractivity contribution in [1.29, 1.82) is 0 Å². The van der Waals surface area contributed by atoms with E-state index in [1.54, 1.807) is 13.8 Å². The van der Waals surface area contributed by atoms with E-state index in [2.05, 4.69) is 6.58 Å². The summed E-state index contributed by atoms with van der Waals surface area (Å²) >= 11 is 0. The molecule has 0 aromatic heterocycles. The summed E-state index contributed by atoms with van der Waals surface area (Å²) in [4.78, 5) is 25.2. The number of ether oxygens (including phenoxy) is 2. The Morgan fingerprint density at radius 3 is 2.24 bits per heavy atom. The molecule has 2 rings (SSSR count). The highest BCUT2D eigenvalue weighted by molar-refractivity contribution is 6.00. The molecule has 1 aromatic rings. The Labute approximate surface area is 148 Å². The van der Waals surface area contributed by atoms with Gasteiger partial charge < -0.3 is 14.6 Å². The van der Waals surface area contributed by atoms with Gasteiger partial charge in [0.2, 0.25) is 0 Å². The molecular weight excluding hydrogens is 320 g/mol. The zero-order chi connectivity index (χ0) is 18.4. The Balaban J connectivity index is 2.34. The fraction of sp³-hybridized carbons (Fsp3) is 0.500. The molecule has 1 fully saturated rings. The van der Waals surface area contributed by atoms with Crippen molar-refractivity contribution >= 4 is 17.5 Å². The van der Waals surface area contributed by atoms with Crippen LogP contribution in [0.4, 0.5) is 0 Å². The lowest BCUT2D eigenvalue weighted by molar-refractivity contribution is -0.177. The Bertz CT molecular complexity index is 604. The molecule has 2 atom stereocenters. The monoisotopic (exact) mass is 346 g/mol. The number of aliphatic hydroxyl groups excluding tert-OH is 1. The first-order chi connectivity index (χ1) is 12.0. The van der Waals surface area contributed by atoms with Crippen molar-refractivity contribution < 1.29 is 24.2 Å². The van der Waals surface area contributed by atoms with Crippen LogP contribution >= 0.6 is 0 Å². The zero-order valence-corrected chi connectivity index (χ0v) is 14.9. The molecule has 1 N–H and O–H groups in total. The van der Waals surface area contributed by atoms with E-state index >= 15 is 0 Å². The molecule has 1 saturated carbocycles. The van der Waals surface area contributed by atoms with Gasteiger partial charge in [-0.2, -0.15) is 0 Å². The van der Waals surface area contributed by atoms with Crippen LogP contribution in [0.5, 0.6) is 0 Å². The SMILES string of the molecule is C=C(c1ccccc1)[C@@H]1CC(C(=O)OCC)(C(=O)OCC)CC[C@H]1O. The fourth-order valence-electron chi connectivity index (χ4n) is 3.42. The first-order valence-electron chi connectivity index (χ1n) is 8.73. The third-order valence-electron chi connectivity index (χ3n) is 4.82. The predicted molar refractivity (Wildman–Crippen MR) is 94.5 cm³/mol. The highest BCUT2D eigenvalue weighted by atomic mass is 16.6. The van der Waals surface area contributed by atoms with Crippen molar-refractivity contribution in [2.45, 2.75) is 39.2 Å². The maximum Gasteiger partial charge on any atom is 0.323 e. The van der Waals surface area contributed by atoms with Crippen molar-refractivity contribution in [2.75, 3.05) is 13.2 Å². The molecule has 0 heterocycles. The minimum absolute atomic E-state index is 0.138. The third-order valence-corrected chi connectivity index (χ3v) is 4.82. The summed E-state index contributed by atoms with van der Waals surface area (Å²) in [6, 6.07) is 9.48. The molecule has 1 aliphatic rings. The van der Waals surface area contributed by atoms with Crippen LogP contribution in [0.1, 0.15) is 38.7 Å². The Kier molecular flexibility index (Phi) is 6.37. The van der Waals surface area contributed by atoms with Gasteiger partial charge in [-0.25, -0.2) is 0 Å². The van der Waals surface area contributed by atoms with Crippen LogP contribution < -0.4 is 0 Å². The third kappa shape index (κ3) is 3.93. The van der Waals surface area contributed by atoms with Crippen LogP contribution in [0.3, 0.4) is 0 Å².